The number of carbonyl (C=O) groups excluding carboxylic acids is 1. The van der Waals surface area contributed by atoms with Crippen LogP contribution in [0.1, 0.15) is 41.9 Å². The SMILES string of the molecule is Cn1ccnc1C(=O)c1ccc(N2CCCCC2CCNS(C)(=O)=O)c([N+](=O)[O-])c1. The predicted molar refractivity (Wildman–Crippen MR) is 112 cm³/mol. The van der Waals surface area contributed by atoms with Crippen molar-refractivity contribution in [1.82, 2.24) is 14.3 Å². The van der Waals surface area contributed by atoms with Crippen molar-refractivity contribution in [3.8, 4) is 0 Å². The van der Waals surface area contributed by atoms with Crippen LogP contribution in [0.4, 0.5) is 11.4 Å². The standard InChI is InChI=1S/C19H25N5O5S/c1-22-12-10-20-19(22)18(25)14-6-7-16(17(13-14)24(26)27)23-11-4-3-5-15(23)8-9-21-30(2,28)29/h6-7,10,12-13,15,21H,3-5,8-9,11H2,1-2H3. The van der Waals surface area contributed by atoms with Gasteiger partial charge in [-0.3, -0.25) is 14.9 Å². The number of nitrogens with one attached hydrogen (secondary N) is 1. The van der Waals surface area contributed by atoms with E-state index in [1.54, 1.807) is 29.9 Å². The molecule has 2 heterocycles. The molecule has 1 saturated heterocycles. The largest absolute Gasteiger partial charge is 0.363 e. The minimum atomic E-state index is -3.29. The lowest BCUT2D eigenvalue weighted by atomic mass is 9.97. The highest BCUT2D eigenvalue weighted by Crippen LogP contribution is 2.35. The number of aryl methyl sites for hydroxylation is 1. The zero-order valence-corrected chi connectivity index (χ0v) is 17.8. The third kappa shape index (κ3) is 5.03. The van der Waals surface area contributed by atoms with Gasteiger partial charge in [-0.1, -0.05) is 0 Å². The molecule has 1 N–H and O–H groups in total. The fraction of sp³-hybridized carbons (Fsp3) is 0.474. The minimum Gasteiger partial charge on any atom is -0.363 e. The van der Waals surface area contributed by atoms with Gasteiger partial charge in [0.15, 0.2) is 5.82 Å². The summed E-state index contributed by atoms with van der Waals surface area (Å²) in [5.41, 5.74) is 0.505. The first-order valence-corrected chi connectivity index (χ1v) is 11.6. The number of benzene rings is 1. The number of nitrogens with zero attached hydrogens (tertiary/aromatic N) is 4. The number of carbonyl (C=O) groups is 1. The summed E-state index contributed by atoms with van der Waals surface area (Å²) in [7, 11) is -1.60. The molecule has 0 amide bonds. The monoisotopic (exact) mass is 435 g/mol. The van der Waals surface area contributed by atoms with Crippen LogP contribution >= 0.6 is 0 Å². The molecule has 1 aromatic heterocycles. The van der Waals surface area contributed by atoms with Crippen LogP contribution in [0, 0.1) is 10.1 Å². The minimum absolute atomic E-state index is 0.0252. The molecule has 162 valence electrons. The van der Waals surface area contributed by atoms with E-state index in [9.17, 15) is 23.3 Å². The van der Waals surface area contributed by atoms with Crippen LogP contribution < -0.4 is 9.62 Å². The number of hydrogen-bond donors (Lipinski definition) is 1. The summed E-state index contributed by atoms with van der Waals surface area (Å²) in [6, 6.07) is 4.46. The Kier molecular flexibility index (Phi) is 6.52. The first-order chi connectivity index (χ1) is 14.2. The number of nitro groups is 1. The van der Waals surface area contributed by atoms with Gasteiger partial charge in [-0.05, 0) is 37.8 Å². The van der Waals surface area contributed by atoms with Crippen molar-refractivity contribution >= 4 is 27.2 Å². The van der Waals surface area contributed by atoms with Crippen LogP contribution in [0.3, 0.4) is 0 Å². The summed E-state index contributed by atoms with van der Waals surface area (Å²) in [4.78, 5) is 30.0. The molecular formula is C19H25N5O5S. The molecule has 1 fully saturated rings. The maximum absolute atomic E-state index is 12.7. The maximum Gasteiger partial charge on any atom is 0.293 e. The molecule has 0 bridgehead atoms. The van der Waals surface area contributed by atoms with Crippen molar-refractivity contribution < 1.29 is 18.1 Å². The number of piperidine rings is 1. The predicted octanol–water partition coefficient (Wildman–Crippen LogP) is 1.86. The molecular weight excluding hydrogens is 410 g/mol. The summed E-state index contributed by atoms with van der Waals surface area (Å²) in [6.45, 7) is 0.903. The average molecular weight is 436 g/mol. The fourth-order valence-corrected chi connectivity index (χ4v) is 4.28. The van der Waals surface area contributed by atoms with Gasteiger partial charge in [0.2, 0.25) is 15.8 Å². The van der Waals surface area contributed by atoms with Gasteiger partial charge in [0.1, 0.15) is 5.69 Å². The van der Waals surface area contributed by atoms with E-state index in [4.69, 9.17) is 0 Å². The molecule has 1 aliphatic rings. The van der Waals surface area contributed by atoms with Crippen molar-refractivity contribution in [2.45, 2.75) is 31.7 Å². The van der Waals surface area contributed by atoms with Crippen molar-refractivity contribution in [3.63, 3.8) is 0 Å². The van der Waals surface area contributed by atoms with E-state index in [1.165, 1.54) is 12.3 Å². The number of ketones is 1. The van der Waals surface area contributed by atoms with Gasteiger partial charge in [0.25, 0.3) is 5.69 Å². The molecule has 2 aromatic rings. The van der Waals surface area contributed by atoms with E-state index in [0.29, 0.717) is 18.7 Å². The zero-order valence-electron chi connectivity index (χ0n) is 16.9. The summed E-state index contributed by atoms with van der Waals surface area (Å²) < 4.78 is 26.7. The summed E-state index contributed by atoms with van der Waals surface area (Å²) >= 11 is 0. The number of hydrogen-bond acceptors (Lipinski definition) is 7. The average Bonchev–Trinajstić information content (AvgIpc) is 3.12. The lowest BCUT2D eigenvalue weighted by molar-refractivity contribution is -0.384. The Morgan fingerprint density at radius 1 is 1.37 bits per heavy atom. The van der Waals surface area contributed by atoms with Gasteiger partial charge in [-0.25, -0.2) is 18.1 Å². The number of imidazole rings is 1. The van der Waals surface area contributed by atoms with Gasteiger partial charge in [0, 0.05) is 50.2 Å². The fourth-order valence-electron chi connectivity index (χ4n) is 3.80. The van der Waals surface area contributed by atoms with Crippen LogP contribution in [-0.4, -0.2) is 54.1 Å². The number of anilines is 1. The summed E-state index contributed by atoms with van der Waals surface area (Å²) in [5, 5.41) is 11.8. The van der Waals surface area contributed by atoms with Crippen LogP contribution in [0.2, 0.25) is 0 Å². The quantitative estimate of drug-likeness (QED) is 0.381. The van der Waals surface area contributed by atoms with E-state index in [-0.39, 0.29) is 35.4 Å². The highest BCUT2D eigenvalue weighted by Gasteiger charge is 2.29. The molecule has 10 nitrogen and oxygen atoms in total. The van der Waals surface area contributed by atoms with E-state index < -0.39 is 14.9 Å². The molecule has 0 aliphatic carbocycles. The third-order valence-corrected chi connectivity index (χ3v) is 5.97. The molecule has 1 aliphatic heterocycles. The van der Waals surface area contributed by atoms with Crippen molar-refractivity contribution in [1.29, 1.82) is 0 Å². The molecule has 1 aromatic carbocycles. The van der Waals surface area contributed by atoms with E-state index in [2.05, 4.69) is 9.71 Å². The Labute approximate surface area is 175 Å². The van der Waals surface area contributed by atoms with Gasteiger partial charge < -0.3 is 9.47 Å². The van der Waals surface area contributed by atoms with Crippen molar-refractivity contribution in [3.05, 3.63) is 52.1 Å². The second kappa shape index (κ2) is 8.92. The van der Waals surface area contributed by atoms with E-state index >= 15 is 0 Å². The highest BCUT2D eigenvalue weighted by molar-refractivity contribution is 7.88. The molecule has 0 radical (unpaired) electrons. The normalized spacial score (nSPS) is 17.1. The topological polar surface area (TPSA) is 127 Å². The Hall–Kier alpha value is -2.79. The molecule has 11 heteroatoms. The number of rotatable bonds is 8. The van der Waals surface area contributed by atoms with Gasteiger partial charge in [0.05, 0.1) is 11.2 Å². The van der Waals surface area contributed by atoms with E-state index in [1.807, 2.05) is 4.90 Å². The molecule has 1 atom stereocenters. The lowest BCUT2D eigenvalue weighted by Gasteiger charge is -2.37. The van der Waals surface area contributed by atoms with Gasteiger partial charge >= 0.3 is 0 Å². The van der Waals surface area contributed by atoms with Gasteiger partial charge in [-0.2, -0.15) is 0 Å². The molecule has 0 saturated carbocycles. The summed E-state index contributed by atoms with van der Waals surface area (Å²) in [5.74, 6) is -0.176. The number of sulfonamides is 1. The van der Waals surface area contributed by atoms with Gasteiger partial charge in [-0.15, -0.1) is 0 Å². The van der Waals surface area contributed by atoms with Crippen LogP contribution in [0.25, 0.3) is 0 Å². The number of aromatic nitrogens is 2. The van der Waals surface area contributed by atoms with Crippen LogP contribution in [0.5, 0.6) is 0 Å². The Balaban J connectivity index is 1.88. The van der Waals surface area contributed by atoms with Crippen molar-refractivity contribution in [2.75, 3.05) is 24.2 Å². The molecule has 0 spiro atoms. The maximum atomic E-state index is 12.7. The van der Waals surface area contributed by atoms with Crippen LogP contribution in [0.15, 0.2) is 30.6 Å². The Morgan fingerprint density at radius 3 is 2.77 bits per heavy atom. The second-order valence-electron chi connectivity index (χ2n) is 7.45. The second-order valence-corrected chi connectivity index (χ2v) is 9.28. The van der Waals surface area contributed by atoms with Crippen molar-refractivity contribution in [2.24, 2.45) is 7.05 Å². The molecule has 30 heavy (non-hydrogen) atoms. The molecule has 3 rings (SSSR count). The lowest BCUT2D eigenvalue weighted by Crippen LogP contribution is -2.42. The Bertz CT molecular complexity index is 1050. The van der Waals surface area contributed by atoms with E-state index in [0.717, 1.165) is 25.5 Å². The first-order valence-electron chi connectivity index (χ1n) is 9.69. The first kappa shape index (κ1) is 21.9. The smallest absolute Gasteiger partial charge is 0.293 e. The number of nitro benzene ring substituents is 1. The Morgan fingerprint density at radius 2 is 2.13 bits per heavy atom. The third-order valence-electron chi connectivity index (χ3n) is 5.24. The zero-order chi connectivity index (χ0) is 21.9. The highest BCUT2D eigenvalue weighted by atomic mass is 32.2. The van der Waals surface area contributed by atoms with Crippen LogP contribution in [-0.2, 0) is 17.1 Å². The molecule has 1 unspecified atom stereocenters. The summed E-state index contributed by atoms with van der Waals surface area (Å²) in [6.07, 6.45) is 7.46.